The van der Waals surface area contributed by atoms with Crippen LogP contribution in [0.5, 0.6) is 0 Å². The van der Waals surface area contributed by atoms with Crippen molar-refractivity contribution in [3.8, 4) is 33.6 Å². The van der Waals surface area contributed by atoms with Crippen LogP contribution in [-0.2, 0) is 0 Å². The van der Waals surface area contributed by atoms with Gasteiger partial charge in [-0.05, 0) is 127 Å². The number of anilines is 3. The van der Waals surface area contributed by atoms with Gasteiger partial charge in [-0.25, -0.2) is 0 Å². The quantitative estimate of drug-likeness (QED) is 0.165. The van der Waals surface area contributed by atoms with E-state index in [1.165, 1.54) is 54.6 Å². The van der Waals surface area contributed by atoms with E-state index in [4.69, 9.17) is 4.42 Å². The molecule has 0 amide bonds. The zero-order chi connectivity index (χ0) is 34.4. The van der Waals surface area contributed by atoms with Gasteiger partial charge < -0.3 is 9.32 Å². The first kappa shape index (κ1) is 30.0. The Morgan fingerprint density at radius 1 is 0.308 bits per heavy atom. The van der Waals surface area contributed by atoms with Gasteiger partial charge in [0.05, 0.1) is 0 Å². The fraction of sp³-hybridized carbons (Fsp3) is 0. The number of nitrogens with zero attached hydrogens (tertiary/aromatic N) is 1. The van der Waals surface area contributed by atoms with Crippen molar-refractivity contribution in [3.63, 3.8) is 0 Å². The third-order valence-electron chi connectivity index (χ3n) is 10.2. The van der Waals surface area contributed by atoms with Crippen LogP contribution in [0.4, 0.5) is 17.1 Å². The summed E-state index contributed by atoms with van der Waals surface area (Å²) in [6.45, 7) is 0. The molecule has 0 bridgehead atoms. The number of hydrogen-bond donors (Lipinski definition) is 0. The first-order valence-electron chi connectivity index (χ1n) is 17.7. The summed E-state index contributed by atoms with van der Waals surface area (Å²) >= 11 is 0. The Labute approximate surface area is 302 Å². The highest BCUT2D eigenvalue weighted by Crippen LogP contribution is 2.40. The highest BCUT2D eigenvalue weighted by atomic mass is 16.3. The maximum Gasteiger partial charge on any atom is 0.135 e. The molecule has 0 saturated heterocycles. The number of benzene rings is 9. The van der Waals surface area contributed by atoms with Crippen molar-refractivity contribution >= 4 is 60.3 Å². The fourth-order valence-corrected chi connectivity index (χ4v) is 7.60. The van der Waals surface area contributed by atoms with Crippen LogP contribution in [0.25, 0.3) is 76.9 Å². The molecule has 9 aromatic carbocycles. The lowest BCUT2D eigenvalue weighted by molar-refractivity contribution is 0.631. The average molecular weight is 664 g/mol. The highest BCUT2D eigenvalue weighted by Gasteiger charge is 2.16. The number of furan rings is 1. The van der Waals surface area contributed by atoms with E-state index in [1.54, 1.807) is 0 Å². The van der Waals surface area contributed by atoms with E-state index in [1.807, 2.05) is 18.2 Å². The standard InChI is InChI=1S/C50H33NO/c1-2-10-38-31-39(18-17-34(38)9-1)35-19-25-42(26-20-35)51(44-29-23-37(24-30-44)50-33-41-12-4-8-16-49(41)52-50)43-27-21-36(22-28-43)48-32-40-11-3-5-13-45(40)46-14-6-7-15-47(46)48/h1-33H. The lowest BCUT2D eigenvalue weighted by atomic mass is 9.93. The van der Waals surface area contributed by atoms with Crippen LogP contribution in [0.15, 0.2) is 205 Å². The Hall–Kier alpha value is -6.90. The van der Waals surface area contributed by atoms with Crippen LogP contribution >= 0.6 is 0 Å². The Bertz CT molecular complexity index is 2850. The fourth-order valence-electron chi connectivity index (χ4n) is 7.60. The molecule has 2 heteroatoms. The van der Waals surface area contributed by atoms with E-state index in [0.717, 1.165) is 39.4 Å². The van der Waals surface area contributed by atoms with Gasteiger partial charge in [0.15, 0.2) is 0 Å². The van der Waals surface area contributed by atoms with Crippen molar-refractivity contribution < 1.29 is 4.42 Å². The molecule has 10 rings (SSSR count). The molecular formula is C50H33NO. The molecule has 1 aromatic heterocycles. The molecule has 52 heavy (non-hydrogen) atoms. The summed E-state index contributed by atoms with van der Waals surface area (Å²) in [6.07, 6.45) is 0. The smallest absolute Gasteiger partial charge is 0.135 e. The van der Waals surface area contributed by atoms with E-state index in [-0.39, 0.29) is 0 Å². The van der Waals surface area contributed by atoms with Gasteiger partial charge >= 0.3 is 0 Å². The predicted molar refractivity (Wildman–Crippen MR) is 220 cm³/mol. The van der Waals surface area contributed by atoms with Crippen LogP contribution in [0.1, 0.15) is 0 Å². The maximum absolute atomic E-state index is 6.20. The minimum absolute atomic E-state index is 0.867. The van der Waals surface area contributed by atoms with Gasteiger partial charge in [0.1, 0.15) is 11.3 Å². The van der Waals surface area contributed by atoms with Crippen molar-refractivity contribution in [1.82, 2.24) is 0 Å². The Kier molecular flexibility index (Phi) is 7.18. The molecule has 10 aromatic rings. The van der Waals surface area contributed by atoms with Crippen LogP contribution in [0.2, 0.25) is 0 Å². The minimum Gasteiger partial charge on any atom is -0.456 e. The average Bonchev–Trinajstić information content (AvgIpc) is 3.66. The lowest BCUT2D eigenvalue weighted by Gasteiger charge is -2.26. The first-order valence-corrected chi connectivity index (χ1v) is 17.7. The molecule has 1 heterocycles. The third-order valence-corrected chi connectivity index (χ3v) is 10.2. The van der Waals surface area contributed by atoms with Crippen molar-refractivity contribution in [2.24, 2.45) is 0 Å². The van der Waals surface area contributed by atoms with Crippen molar-refractivity contribution in [1.29, 1.82) is 0 Å². The molecule has 0 atom stereocenters. The summed E-state index contributed by atoms with van der Waals surface area (Å²) in [6, 6.07) is 71.8. The van der Waals surface area contributed by atoms with Gasteiger partial charge in [0.2, 0.25) is 0 Å². The molecular weight excluding hydrogens is 631 g/mol. The van der Waals surface area contributed by atoms with Gasteiger partial charge in [0, 0.05) is 28.0 Å². The maximum atomic E-state index is 6.20. The summed E-state index contributed by atoms with van der Waals surface area (Å²) in [5.41, 5.74) is 10.0. The monoisotopic (exact) mass is 663 g/mol. The summed E-state index contributed by atoms with van der Waals surface area (Å²) < 4.78 is 6.20. The van der Waals surface area contributed by atoms with E-state index >= 15 is 0 Å². The molecule has 0 aliphatic carbocycles. The Morgan fingerprint density at radius 3 is 1.52 bits per heavy atom. The first-order chi connectivity index (χ1) is 25.7. The Morgan fingerprint density at radius 2 is 0.827 bits per heavy atom. The second-order valence-corrected chi connectivity index (χ2v) is 13.4. The molecule has 0 aliphatic heterocycles. The predicted octanol–water partition coefficient (Wildman–Crippen LogP) is 14.4. The normalized spacial score (nSPS) is 11.5. The molecule has 0 unspecified atom stereocenters. The van der Waals surface area contributed by atoms with Crippen LogP contribution < -0.4 is 4.90 Å². The largest absolute Gasteiger partial charge is 0.456 e. The second kappa shape index (κ2) is 12.5. The molecule has 0 fully saturated rings. The molecule has 0 aliphatic rings. The number of hydrogen-bond acceptors (Lipinski definition) is 2. The van der Waals surface area contributed by atoms with Gasteiger partial charge in [-0.3, -0.25) is 0 Å². The van der Waals surface area contributed by atoms with Crippen LogP contribution in [-0.4, -0.2) is 0 Å². The van der Waals surface area contributed by atoms with Gasteiger partial charge in [0.25, 0.3) is 0 Å². The van der Waals surface area contributed by atoms with Gasteiger partial charge in [-0.1, -0.05) is 127 Å². The van der Waals surface area contributed by atoms with Gasteiger partial charge in [-0.2, -0.15) is 0 Å². The van der Waals surface area contributed by atoms with Crippen LogP contribution in [0, 0.1) is 0 Å². The van der Waals surface area contributed by atoms with Crippen LogP contribution in [0.3, 0.4) is 0 Å². The molecule has 0 spiro atoms. The molecule has 0 N–H and O–H groups in total. The lowest BCUT2D eigenvalue weighted by Crippen LogP contribution is -2.09. The summed E-state index contributed by atoms with van der Waals surface area (Å²) in [4.78, 5) is 2.33. The topological polar surface area (TPSA) is 16.4 Å². The number of fused-ring (bicyclic) bond motifs is 5. The molecule has 0 saturated carbocycles. The summed E-state index contributed by atoms with van der Waals surface area (Å²) in [5, 5.41) is 8.67. The summed E-state index contributed by atoms with van der Waals surface area (Å²) in [5.74, 6) is 0.867. The third kappa shape index (κ3) is 5.30. The molecule has 0 radical (unpaired) electrons. The van der Waals surface area contributed by atoms with E-state index in [9.17, 15) is 0 Å². The zero-order valence-electron chi connectivity index (χ0n) is 28.4. The van der Waals surface area contributed by atoms with E-state index < -0.39 is 0 Å². The minimum atomic E-state index is 0.867. The molecule has 2 nitrogen and oxygen atoms in total. The number of para-hydroxylation sites is 1. The SMILES string of the molecule is c1ccc2cc(-c3ccc(N(c4ccc(-c5cc6ccccc6o5)cc4)c4ccc(-c5cc6ccccc6c6ccccc56)cc4)cc3)ccc2c1. The zero-order valence-corrected chi connectivity index (χ0v) is 28.4. The van der Waals surface area contributed by atoms with Crippen molar-refractivity contribution in [2.45, 2.75) is 0 Å². The van der Waals surface area contributed by atoms with E-state index in [2.05, 4.69) is 187 Å². The Balaban J connectivity index is 1.05. The second-order valence-electron chi connectivity index (χ2n) is 13.4. The number of rotatable bonds is 6. The molecule has 244 valence electrons. The highest BCUT2D eigenvalue weighted by molar-refractivity contribution is 6.13. The van der Waals surface area contributed by atoms with Crippen molar-refractivity contribution in [2.75, 3.05) is 4.90 Å². The van der Waals surface area contributed by atoms with Gasteiger partial charge in [-0.15, -0.1) is 0 Å². The van der Waals surface area contributed by atoms with Crippen molar-refractivity contribution in [3.05, 3.63) is 200 Å². The summed E-state index contributed by atoms with van der Waals surface area (Å²) in [7, 11) is 0. The van der Waals surface area contributed by atoms with E-state index in [0.29, 0.717) is 0 Å².